The Morgan fingerprint density at radius 2 is 1.52 bits per heavy atom. The number of anilines is 2. The minimum Gasteiger partial charge on any atom is -0.493 e. The third kappa shape index (κ3) is 6.47. The van der Waals surface area contributed by atoms with Crippen molar-refractivity contribution in [2.24, 2.45) is 0 Å². The quantitative estimate of drug-likeness (QED) is 0.529. The standard InChI is InChI=1S/C25H24N2O4/c1-30-22-13-11-19(15-23(22)31-2)12-14-24(28)26-20-9-6-10-21(17-20)27-25(29)16-18-7-4-3-5-8-18/h3-15,17H,16H2,1-2H3,(H,26,28)(H,27,29)/b14-12+. The van der Waals surface area contributed by atoms with E-state index in [1.165, 1.54) is 6.08 Å². The summed E-state index contributed by atoms with van der Waals surface area (Å²) >= 11 is 0. The number of rotatable bonds is 8. The Hall–Kier alpha value is -4.06. The maximum Gasteiger partial charge on any atom is 0.248 e. The van der Waals surface area contributed by atoms with Crippen molar-refractivity contribution in [3.05, 3.63) is 90.0 Å². The van der Waals surface area contributed by atoms with Crippen LogP contribution in [0.4, 0.5) is 11.4 Å². The highest BCUT2D eigenvalue weighted by atomic mass is 16.5. The molecule has 158 valence electrons. The Morgan fingerprint density at radius 1 is 0.806 bits per heavy atom. The van der Waals surface area contributed by atoms with Gasteiger partial charge in [0.25, 0.3) is 0 Å². The van der Waals surface area contributed by atoms with Gasteiger partial charge in [0.2, 0.25) is 11.8 Å². The first-order chi connectivity index (χ1) is 15.1. The van der Waals surface area contributed by atoms with Crippen LogP contribution >= 0.6 is 0 Å². The Labute approximate surface area is 181 Å². The van der Waals surface area contributed by atoms with Gasteiger partial charge in [0.1, 0.15) is 0 Å². The molecular weight excluding hydrogens is 392 g/mol. The second-order valence-corrected chi connectivity index (χ2v) is 6.73. The molecule has 0 aliphatic rings. The van der Waals surface area contributed by atoms with Gasteiger partial charge in [-0.2, -0.15) is 0 Å². The molecule has 0 bridgehead atoms. The molecule has 2 amide bonds. The third-order valence-corrected chi connectivity index (χ3v) is 4.46. The van der Waals surface area contributed by atoms with Crippen molar-refractivity contribution in [3.63, 3.8) is 0 Å². The summed E-state index contributed by atoms with van der Waals surface area (Å²) in [5.74, 6) is 0.796. The zero-order valence-electron chi connectivity index (χ0n) is 17.4. The fraction of sp³-hybridized carbons (Fsp3) is 0.120. The summed E-state index contributed by atoms with van der Waals surface area (Å²) in [7, 11) is 3.13. The van der Waals surface area contributed by atoms with Crippen LogP contribution < -0.4 is 20.1 Å². The van der Waals surface area contributed by atoms with Gasteiger partial charge >= 0.3 is 0 Å². The van der Waals surface area contributed by atoms with E-state index in [1.807, 2.05) is 36.4 Å². The highest BCUT2D eigenvalue weighted by Crippen LogP contribution is 2.28. The van der Waals surface area contributed by atoms with Gasteiger partial charge in [-0.15, -0.1) is 0 Å². The lowest BCUT2D eigenvalue weighted by atomic mass is 10.1. The molecule has 3 aromatic carbocycles. The second-order valence-electron chi connectivity index (χ2n) is 6.73. The molecule has 3 aromatic rings. The number of amides is 2. The Morgan fingerprint density at radius 3 is 2.23 bits per heavy atom. The normalized spacial score (nSPS) is 10.5. The van der Waals surface area contributed by atoms with Crippen LogP contribution in [0, 0.1) is 0 Å². The fourth-order valence-corrected chi connectivity index (χ4v) is 2.97. The maximum absolute atomic E-state index is 12.3. The lowest BCUT2D eigenvalue weighted by Gasteiger charge is -2.08. The Balaban J connectivity index is 1.59. The van der Waals surface area contributed by atoms with E-state index in [0.29, 0.717) is 22.9 Å². The second kappa shape index (κ2) is 10.6. The molecule has 0 aliphatic carbocycles. The highest BCUT2D eigenvalue weighted by molar-refractivity contribution is 6.02. The Kier molecular flexibility index (Phi) is 7.43. The minimum atomic E-state index is -0.289. The van der Waals surface area contributed by atoms with Crippen molar-refractivity contribution >= 4 is 29.3 Å². The molecule has 0 saturated heterocycles. The first kappa shape index (κ1) is 21.6. The summed E-state index contributed by atoms with van der Waals surface area (Å²) < 4.78 is 10.5. The molecule has 0 spiro atoms. The van der Waals surface area contributed by atoms with Crippen molar-refractivity contribution in [1.29, 1.82) is 0 Å². The van der Waals surface area contributed by atoms with Crippen LogP contribution in [-0.4, -0.2) is 26.0 Å². The van der Waals surface area contributed by atoms with E-state index in [-0.39, 0.29) is 18.2 Å². The molecule has 0 aliphatic heterocycles. The van der Waals surface area contributed by atoms with Gasteiger partial charge in [0.05, 0.1) is 20.6 Å². The number of carbonyl (C=O) groups is 2. The number of ether oxygens (including phenoxy) is 2. The molecule has 0 unspecified atom stereocenters. The van der Waals surface area contributed by atoms with Crippen LogP contribution in [0.5, 0.6) is 11.5 Å². The number of nitrogens with one attached hydrogen (secondary N) is 2. The molecule has 0 heterocycles. The van der Waals surface area contributed by atoms with Crippen LogP contribution in [0.25, 0.3) is 6.08 Å². The van der Waals surface area contributed by atoms with Crippen LogP contribution in [-0.2, 0) is 16.0 Å². The van der Waals surface area contributed by atoms with E-state index in [1.54, 1.807) is 56.7 Å². The van der Waals surface area contributed by atoms with Gasteiger partial charge in [-0.1, -0.05) is 42.5 Å². The third-order valence-electron chi connectivity index (χ3n) is 4.46. The number of hydrogen-bond donors (Lipinski definition) is 2. The fourth-order valence-electron chi connectivity index (χ4n) is 2.97. The molecule has 6 nitrogen and oxygen atoms in total. The highest BCUT2D eigenvalue weighted by Gasteiger charge is 2.06. The van der Waals surface area contributed by atoms with E-state index in [4.69, 9.17) is 9.47 Å². The lowest BCUT2D eigenvalue weighted by Crippen LogP contribution is -2.14. The summed E-state index contributed by atoms with van der Waals surface area (Å²) in [4.78, 5) is 24.5. The van der Waals surface area contributed by atoms with Crippen molar-refractivity contribution in [1.82, 2.24) is 0 Å². The Bertz CT molecular complexity index is 1080. The zero-order chi connectivity index (χ0) is 22.1. The first-order valence-corrected chi connectivity index (χ1v) is 9.72. The minimum absolute atomic E-state index is 0.122. The number of benzene rings is 3. The topological polar surface area (TPSA) is 76.7 Å². The molecule has 6 heteroatoms. The molecule has 0 saturated carbocycles. The first-order valence-electron chi connectivity index (χ1n) is 9.72. The number of methoxy groups -OCH3 is 2. The molecule has 2 N–H and O–H groups in total. The summed E-state index contributed by atoms with van der Waals surface area (Å²) in [6.07, 6.45) is 3.40. The number of hydrogen-bond acceptors (Lipinski definition) is 4. The molecule has 0 radical (unpaired) electrons. The predicted octanol–water partition coefficient (Wildman–Crippen LogP) is 4.54. The number of carbonyl (C=O) groups excluding carboxylic acids is 2. The van der Waals surface area contributed by atoms with Gasteiger partial charge in [-0.25, -0.2) is 0 Å². The zero-order valence-corrected chi connectivity index (χ0v) is 17.4. The van der Waals surface area contributed by atoms with Gasteiger partial charge in [-0.3, -0.25) is 9.59 Å². The van der Waals surface area contributed by atoms with Crippen molar-refractivity contribution in [2.75, 3.05) is 24.9 Å². The van der Waals surface area contributed by atoms with Crippen molar-refractivity contribution in [3.8, 4) is 11.5 Å². The van der Waals surface area contributed by atoms with Gasteiger partial charge < -0.3 is 20.1 Å². The molecule has 0 atom stereocenters. The van der Waals surface area contributed by atoms with Crippen LogP contribution in [0.3, 0.4) is 0 Å². The largest absolute Gasteiger partial charge is 0.493 e. The molecular formula is C25H24N2O4. The van der Waals surface area contributed by atoms with E-state index in [2.05, 4.69) is 10.6 Å². The average Bonchev–Trinajstić information content (AvgIpc) is 2.78. The summed E-state index contributed by atoms with van der Waals surface area (Å²) in [5, 5.41) is 5.65. The van der Waals surface area contributed by atoms with E-state index < -0.39 is 0 Å². The van der Waals surface area contributed by atoms with Crippen LogP contribution in [0.2, 0.25) is 0 Å². The van der Waals surface area contributed by atoms with E-state index in [0.717, 1.165) is 11.1 Å². The van der Waals surface area contributed by atoms with Gasteiger partial charge in [-0.05, 0) is 47.5 Å². The summed E-state index contributed by atoms with van der Waals surface area (Å²) in [6, 6.07) is 21.9. The van der Waals surface area contributed by atoms with Crippen LogP contribution in [0.15, 0.2) is 78.9 Å². The summed E-state index contributed by atoms with van der Waals surface area (Å²) in [5.41, 5.74) is 2.93. The lowest BCUT2D eigenvalue weighted by molar-refractivity contribution is -0.115. The smallest absolute Gasteiger partial charge is 0.248 e. The SMILES string of the molecule is COc1ccc(/C=C/C(=O)Nc2cccc(NC(=O)Cc3ccccc3)c2)cc1OC. The van der Waals surface area contributed by atoms with Gasteiger partial charge in [0.15, 0.2) is 11.5 Å². The van der Waals surface area contributed by atoms with Crippen molar-refractivity contribution < 1.29 is 19.1 Å². The maximum atomic E-state index is 12.3. The van der Waals surface area contributed by atoms with Crippen molar-refractivity contribution in [2.45, 2.75) is 6.42 Å². The molecule has 0 aromatic heterocycles. The van der Waals surface area contributed by atoms with E-state index >= 15 is 0 Å². The monoisotopic (exact) mass is 416 g/mol. The predicted molar refractivity (Wildman–Crippen MR) is 122 cm³/mol. The molecule has 31 heavy (non-hydrogen) atoms. The average molecular weight is 416 g/mol. The van der Waals surface area contributed by atoms with Crippen LogP contribution in [0.1, 0.15) is 11.1 Å². The molecule has 0 fully saturated rings. The van der Waals surface area contributed by atoms with Gasteiger partial charge in [0, 0.05) is 17.5 Å². The van der Waals surface area contributed by atoms with E-state index in [9.17, 15) is 9.59 Å². The summed E-state index contributed by atoms with van der Waals surface area (Å²) in [6.45, 7) is 0. The molecule has 3 rings (SSSR count).